The summed E-state index contributed by atoms with van der Waals surface area (Å²) in [6, 6.07) is 6.88. The molecular formula is C39H52N4O10. The third-order valence-electron chi connectivity index (χ3n) is 11.6. The summed E-state index contributed by atoms with van der Waals surface area (Å²) < 4.78 is 49.0. The average Bonchev–Trinajstić information content (AvgIpc) is 3.86. The second-order valence-electron chi connectivity index (χ2n) is 14.7. The minimum atomic E-state index is -0.369. The molecule has 0 spiro atoms. The quantitative estimate of drug-likeness (QED) is 0.307. The molecule has 0 saturated carbocycles. The molecule has 2 unspecified atom stereocenters. The highest BCUT2D eigenvalue weighted by molar-refractivity contribution is 6.02. The molecule has 8 rings (SSSR count). The van der Waals surface area contributed by atoms with Crippen LogP contribution in [0.3, 0.4) is 0 Å². The number of hydrogen-bond donors (Lipinski definition) is 0. The lowest BCUT2D eigenvalue weighted by Gasteiger charge is -2.38. The van der Waals surface area contributed by atoms with Crippen LogP contribution >= 0.6 is 0 Å². The van der Waals surface area contributed by atoms with Gasteiger partial charge in [0.15, 0.2) is 48.0 Å². The largest absolute Gasteiger partial charge is 0.493 e. The molecule has 2 aromatic carbocycles. The van der Waals surface area contributed by atoms with Gasteiger partial charge >= 0.3 is 0 Å². The van der Waals surface area contributed by atoms with Crippen molar-refractivity contribution in [3.63, 3.8) is 0 Å². The number of rotatable bonds is 10. The van der Waals surface area contributed by atoms with E-state index in [2.05, 4.69) is 0 Å². The number of nitrogens with zero attached hydrogens (tertiary/aromatic N) is 4. The standard InChI is InChI=1S/C39H52N4O10/c1-40-28-21-30(46-3)32(19-24(28)36(44)42-15-9-11-26(42)38(40)52-34-13-5-7-17-48-34)50-23-51-33-20-25-29(22-31(33)47-4)41(2)39(53-35-14-6-8-18-49-35)27-12-10-16-43(27)37(25)45/h19-22,26-27,34-35,38-39H,5-18,23H2,1-4H3/t26-,27-,34?,35?,38-,39-/m0/s1. The zero-order valence-corrected chi connectivity index (χ0v) is 31.3. The predicted octanol–water partition coefficient (Wildman–Crippen LogP) is 4.97. The van der Waals surface area contributed by atoms with Gasteiger partial charge in [-0.25, -0.2) is 0 Å². The Kier molecular flexibility index (Phi) is 10.5. The molecule has 0 N–H and O–H groups in total. The molecule has 0 aliphatic carbocycles. The van der Waals surface area contributed by atoms with Crippen molar-refractivity contribution in [1.82, 2.24) is 9.80 Å². The topological polar surface area (TPSA) is 121 Å². The first-order valence-corrected chi connectivity index (χ1v) is 19.2. The molecule has 0 radical (unpaired) electrons. The van der Waals surface area contributed by atoms with Crippen molar-refractivity contribution in [1.29, 1.82) is 0 Å². The number of likely N-dealkylation sites (N-methyl/N-ethyl adjacent to an activating group) is 2. The highest BCUT2D eigenvalue weighted by atomic mass is 16.7. The molecule has 288 valence electrons. The summed E-state index contributed by atoms with van der Waals surface area (Å²) >= 11 is 0. The lowest BCUT2D eigenvalue weighted by atomic mass is 10.1. The number of ether oxygens (including phenoxy) is 8. The fourth-order valence-corrected chi connectivity index (χ4v) is 8.82. The molecule has 2 amide bonds. The van der Waals surface area contributed by atoms with Gasteiger partial charge in [-0.3, -0.25) is 9.59 Å². The van der Waals surface area contributed by atoms with E-state index >= 15 is 0 Å². The predicted molar refractivity (Wildman–Crippen MR) is 194 cm³/mol. The molecule has 6 aliphatic rings. The first kappa shape index (κ1) is 36.0. The summed E-state index contributed by atoms with van der Waals surface area (Å²) in [6.45, 7) is 2.43. The summed E-state index contributed by atoms with van der Waals surface area (Å²) in [7, 11) is 7.04. The molecule has 2 aromatic rings. The van der Waals surface area contributed by atoms with Crippen LogP contribution in [0.4, 0.5) is 11.4 Å². The van der Waals surface area contributed by atoms with Crippen LogP contribution < -0.4 is 28.7 Å². The Morgan fingerprint density at radius 1 is 0.604 bits per heavy atom. The van der Waals surface area contributed by atoms with Gasteiger partial charge < -0.3 is 57.5 Å². The first-order valence-electron chi connectivity index (χ1n) is 19.2. The molecule has 6 aliphatic heterocycles. The number of benzene rings is 2. The Morgan fingerprint density at radius 3 is 1.45 bits per heavy atom. The van der Waals surface area contributed by atoms with Crippen molar-refractivity contribution >= 4 is 23.2 Å². The second kappa shape index (κ2) is 15.4. The highest BCUT2D eigenvalue weighted by Gasteiger charge is 2.45. The lowest BCUT2D eigenvalue weighted by molar-refractivity contribution is -0.196. The molecular weight excluding hydrogens is 684 g/mol. The third-order valence-corrected chi connectivity index (χ3v) is 11.6. The third kappa shape index (κ3) is 6.83. The van der Waals surface area contributed by atoms with Gasteiger partial charge in [-0.1, -0.05) is 0 Å². The lowest BCUT2D eigenvalue weighted by Crippen LogP contribution is -2.50. The number of anilines is 2. The smallest absolute Gasteiger partial charge is 0.256 e. The maximum absolute atomic E-state index is 14.1. The minimum absolute atomic E-state index is 0.0777. The van der Waals surface area contributed by atoms with Gasteiger partial charge in [-0.15, -0.1) is 0 Å². The van der Waals surface area contributed by atoms with Crippen LogP contribution in [-0.2, 0) is 18.9 Å². The van der Waals surface area contributed by atoms with E-state index in [-0.39, 0.29) is 55.7 Å². The van der Waals surface area contributed by atoms with Crippen molar-refractivity contribution in [3.05, 3.63) is 35.4 Å². The Bertz CT molecular complexity index is 1540. The molecule has 6 heterocycles. The number of fused-ring (bicyclic) bond motifs is 4. The van der Waals surface area contributed by atoms with Gasteiger partial charge in [0.2, 0.25) is 6.79 Å². The number of amides is 2. The van der Waals surface area contributed by atoms with Crippen LogP contribution in [0.2, 0.25) is 0 Å². The van der Waals surface area contributed by atoms with Crippen molar-refractivity contribution < 1.29 is 47.5 Å². The maximum Gasteiger partial charge on any atom is 0.256 e. The summed E-state index contributed by atoms with van der Waals surface area (Å²) in [5.41, 5.74) is 2.39. The fraction of sp³-hybridized carbons (Fsp3) is 0.641. The normalized spacial score (nSPS) is 28.5. The Balaban J connectivity index is 1.03. The van der Waals surface area contributed by atoms with E-state index in [0.29, 0.717) is 71.8 Å². The summed E-state index contributed by atoms with van der Waals surface area (Å²) in [5.74, 6) is 1.44. The van der Waals surface area contributed by atoms with Gasteiger partial charge in [0.05, 0.1) is 48.8 Å². The van der Waals surface area contributed by atoms with Gasteiger partial charge in [-0.05, 0) is 76.3 Å². The summed E-state index contributed by atoms with van der Waals surface area (Å²) in [6.07, 6.45) is 7.97. The van der Waals surface area contributed by atoms with Gasteiger partial charge in [-0.2, -0.15) is 0 Å². The van der Waals surface area contributed by atoms with Crippen LogP contribution in [0.25, 0.3) is 0 Å². The maximum atomic E-state index is 14.1. The molecule has 14 heteroatoms. The average molecular weight is 737 g/mol. The van der Waals surface area contributed by atoms with Crippen LogP contribution in [0.1, 0.15) is 84.9 Å². The fourth-order valence-electron chi connectivity index (χ4n) is 8.82. The molecule has 4 fully saturated rings. The summed E-state index contributed by atoms with van der Waals surface area (Å²) in [5, 5.41) is 0. The Hall–Kier alpha value is -3.98. The van der Waals surface area contributed by atoms with Crippen LogP contribution in [-0.4, -0.2) is 120 Å². The van der Waals surface area contributed by atoms with Crippen LogP contribution in [0, 0.1) is 0 Å². The Labute approximate surface area is 311 Å². The van der Waals surface area contributed by atoms with E-state index in [1.54, 1.807) is 26.4 Å². The number of carbonyl (C=O) groups is 2. The van der Waals surface area contributed by atoms with Crippen LogP contribution in [0.15, 0.2) is 24.3 Å². The monoisotopic (exact) mass is 736 g/mol. The number of carbonyl (C=O) groups excluding carboxylic acids is 2. The zero-order chi connectivity index (χ0) is 36.6. The van der Waals surface area contributed by atoms with E-state index in [0.717, 1.165) is 64.2 Å². The zero-order valence-electron chi connectivity index (χ0n) is 31.3. The highest BCUT2D eigenvalue weighted by Crippen LogP contribution is 2.44. The Morgan fingerprint density at radius 2 is 1.06 bits per heavy atom. The van der Waals surface area contributed by atoms with E-state index < -0.39 is 0 Å². The van der Waals surface area contributed by atoms with Crippen molar-refractivity contribution in [3.8, 4) is 23.0 Å². The van der Waals surface area contributed by atoms with E-state index in [4.69, 9.17) is 37.9 Å². The van der Waals surface area contributed by atoms with Crippen molar-refractivity contribution in [2.24, 2.45) is 0 Å². The molecule has 4 saturated heterocycles. The van der Waals surface area contributed by atoms with Crippen LogP contribution in [0.5, 0.6) is 23.0 Å². The molecule has 0 bridgehead atoms. The van der Waals surface area contributed by atoms with Crippen molar-refractivity contribution in [2.45, 2.75) is 101 Å². The van der Waals surface area contributed by atoms with E-state index in [1.165, 1.54) is 0 Å². The van der Waals surface area contributed by atoms with E-state index in [9.17, 15) is 9.59 Å². The molecule has 14 nitrogen and oxygen atoms in total. The van der Waals surface area contributed by atoms with Gasteiger partial charge in [0, 0.05) is 52.5 Å². The second-order valence-corrected chi connectivity index (χ2v) is 14.7. The molecule has 0 aromatic heterocycles. The SMILES string of the molecule is COc1cc2c(cc1OCOc1cc3c(cc1OC)N(C)[C@@H](OC1CCCCO1)[C@@H]1CCCN1C3=O)C(=O)N1CCC[C@H]1[C@H](OC1CCCCO1)N2C. The summed E-state index contributed by atoms with van der Waals surface area (Å²) in [4.78, 5) is 36.1. The molecule has 6 atom stereocenters. The van der Waals surface area contributed by atoms with E-state index in [1.807, 2.05) is 45.8 Å². The first-order chi connectivity index (χ1) is 25.9. The minimum Gasteiger partial charge on any atom is -0.493 e. The number of hydrogen-bond acceptors (Lipinski definition) is 12. The van der Waals surface area contributed by atoms with Gasteiger partial charge in [0.1, 0.15) is 0 Å². The van der Waals surface area contributed by atoms with Gasteiger partial charge in [0.25, 0.3) is 11.8 Å². The molecule has 53 heavy (non-hydrogen) atoms. The number of methoxy groups -OCH3 is 2. The van der Waals surface area contributed by atoms with Crippen molar-refractivity contribution in [2.75, 3.05) is 71.2 Å².